The van der Waals surface area contributed by atoms with Crippen molar-refractivity contribution < 1.29 is 4.79 Å². The largest absolute Gasteiger partial charge is 0.366 e. The van der Waals surface area contributed by atoms with E-state index in [1.807, 2.05) is 36.4 Å². The second kappa shape index (κ2) is 11.8. The first-order valence-electron chi connectivity index (χ1n) is 15.1. The second-order valence-corrected chi connectivity index (χ2v) is 12.9. The molecular formula is C36H34Cl2N4O. The molecule has 2 N–H and O–H groups in total. The number of hydrogen-bond acceptors (Lipinski definition) is 3. The summed E-state index contributed by atoms with van der Waals surface area (Å²) in [7, 11) is 0. The third-order valence-corrected chi connectivity index (χ3v) is 9.49. The Morgan fingerprint density at radius 3 is 2.05 bits per heavy atom. The van der Waals surface area contributed by atoms with Gasteiger partial charge in [0.25, 0.3) is 0 Å². The fraction of sp³-hybridized carbons (Fsp3) is 0.278. The lowest BCUT2D eigenvalue weighted by molar-refractivity contribution is 0.1000. The molecule has 5 aromatic rings. The van der Waals surface area contributed by atoms with E-state index in [1.165, 1.54) is 46.1 Å². The van der Waals surface area contributed by atoms with Crippen molar-refractivity contribution in [1.82, 2.24) is 14.7 Å². The molecule has 7 rings (SSSR count). The molecule has 218 valence electrons. The Hall–Kier alpha value is -3.64. The first-order chi connectivity index (χ1) is 20.9. The Bertz CT molecular complexity index is 1720. The molecule has 1 aliphatic carbocycles. The molecule has 1 aromatic heterocycles. The first kappa shape index (κ1) is 28.1. The summed E-state index contributed by atoms with van der Waals surface area (Å²) in [5, 5.41) is 8.03. The van der Waals surface area contributed by atoms with Crippen LogP contribution in [0.5, 0.6) is 0 Å². The molecule has 0 bridgehead atoms. The van der Waals surface area contributed by atoms with E-state index in [1.54, 1.807) is 6.07 Å². The van der Waals surface area contributed by atoms with Gasteiger partial charge in [-0.2, -0.15) is 5.10 Å². The Morgan fingerprint density at radius 1 is 0.814 bits per heavy atom. The van der Waals surface area contributed by atoms with Gasteiger partial charge >= 0.3 is 0 Å². The minimum Gasteiger partial charge on any atom is -0.366 e. The number of benzene rings is 4. The third-order valence-electron chi connectivity index (χ3n) is 8.98. The van der Waals surface area contributed by atoms with Gasteiger partial charge in [0, 0.05) is 39.4 Å². The summed E-state index contributed by atoms with van der Waals surface area (Å²) in [6.07, 6.45) is 4.49. The maximum absolute atomic E-state index is 11.6. The van der Waals surface area contributed by atoms with E-state index in [-0.39, 0.29) is 11.8 Å². The number of hydrogen-bond donors (Lipinski definition) is 1. The van der Waals surface area contributed by atoms with Crippen molar-refractivity contribution in [1.29, 1.82) is 0 Å². The summed E-state index contributed by atoms with van der Waals surface area (Å²) in [5.41, 5.74) is 13.3. The molecular weight excluding hydrogens is 575 g/mol. The van der Waals surface area contributed by atoms with Gasteiger partial charge in [0.05, 0.1) is 17.3 Å². The maximum atomic E-state index is 11.6. The fourth-order valence-electron chi connectivity index (χ4n) is 6.59. The molecule has 1 saturated carbocycles. The van der Waals surface area contributed by atoms with E-state index in [9.17, 15) is 4.79 Å². The second-order valence-electron chi connectivity index (χ2n) is 12.0. The van der Waals surface area contributed by atoms with Crippen molar-refractivity contribution in [3.05, 3.63) is 135 Å². The Kier molecular flexibility index (Phi) is 7.72. The number of fused-ring (bicyclic) bond motifs is 1. The van der Waals surface area contributed by atoms with Crippen LogP contribution in [0.1, 0.15) is 81.9 Å². The zero-order valence-electron chi connectivity index (χ0n) is 23.9. The van der Waals surface area contributed by atoms with E-state index in [0.29, 0.717) is 17.5 Å². The number of piperidine rings is 1. The van der Waals surface area contributed by atoms with Crippen molar-refractivity contribution in [3.63, 3.8) is 0 Å². The van der Waals surface area contributed by atoms with E-state index >= 15 is 0 Å². The van der Waals surface area contributed by atoms with Gasteiger partial charge < -0.3 is 5.73 Å². The number of rotatable bonds is 8. The first-order valence-corrected chi connectivity index (χ1v) is 15.8. The molecule has 2 aliphatic rings. The van der Waals surface area contributed by atoms with E-state index in [0.717, 1.165) is 48.1 Å². The lowest BCUT2D eigenvalue weighted by atomic mass is 9.84. The number of carbonyl (C=O) groups is 1. The van der Waals surface area contributed by atoms with Crippen molar-refractivity contribution >= 4 is 40.0 Å². The van der Waals surface area contributed by atoms with Crippen molar-refractivity contribution in [2.45, 2.75) is 50.1 Å². The molecule has 7 heteroatoms. The molecule has 1 amide bonds. The van der Waals surface area contributed by atoms with Crippen molar-refractivity contribution in [3.8, 4) is 0 Å². The normalized spacial score (nSPS) is 16.3. The summed E-state index contributed by atoms with van der Waals surface area (Å²) in [6, 6.07) is 31.4. The number of nitrogens with two attached hydrogens (primary N) is 1. The molecule has 0 radical (unpaired) electrons. The molecule has 4 aromatic carbocycles. The zero-order valence-corrected chi connectivity index (χ0v) is 25.4. The Balaban J connectivity index is 1.20. The van der Waals surface area contributed by atoms with Gasteiger partial charge in [-0.25, -0.2) is 0 Å². The highest BCUT2D eigenvalue weighted by molar-refractivity contribution is 6.30. The van der Waals surface area contributed by atoms with Crippen LogP contribution >= 0.6 is 23.2 Å². The summed E-state index contributed by atoms with van der Waals surface area (Å²) >= 11 is 12.6. The molecule has 1 saturated heterocycles. The van der Waals surface area contributed by atoms with Crippen LogP contribution in [0.4, 0.5) is 0 Å². The topological polar surface area (TPSA) is 64.2 Å². The number of amides is 1. The smallest absolute Gasteiger partial charge is 0.248 e. The summed E-state index contributed by atoms with van der Waals surface area (Å²) in [6.45, 7) is 2.79. The summed E-state index contributed by atoms with van der Waals surface area (Å²) in [4.78, 5) is 14.1. The maximum Gasteiger partial charge on any atom is 0.248 e. The number of halogens is 2. The molecule has 0 spiro atoms. The molecule has 0 atom stereocenters. The van der Waals surface area contributed by atoms with Crippen LogP contribution in [-0.2, 0) is 6.54 Å². The van der Waals surface area contributed by atoms with E-state index < -0.39 is 0 Å². The number of nitrogens with zero attached hydrogens (tertiary/aromatic N) is 3. The van der Waals surface area contributed by atoms with Gasteiger partial charge in [0.1, 0.15) is 0 Å². The van der Waals surface area contributed by atoms with Crippen LogP contribution in [0.2, 0.25) is 10.0 Å². The highest BCUT2D eigenvalue weighted by atomic mass is 35.5. The summed E-state index contributed by atoms with van der Waals surface area (Å²) in [5.74, 6) is 0.0666. The average Bonchev–Trinajstić information content (AvgIpc) is 3.80. The van der Waals surface area contributed by atoms with Gasteiger partial charge in [-0.1, -0.05) is 65.7 Å². The molecule has 2 heterocycles. The van der Waals surface area contributed by atoms with Crippen molar-refractivity contribution in [2.24, 2.45) is 5.73 Å². The fourth-order valence-corrected chi connectivity index (χ4v) is 6.85. The Morgan fingerprint density at radius 2 is 1.44 bits per heavy atom. The molecule has 0 unspecified atom stereocenters. The van der Waals surface area contributed by atoms with Gasteiger partial charge in [-0.05, 0) is 110 Å². The van der Waals surface area contributed by atoms with Gasteiger partial charge in [0.2, 0.25) is 5.91 Å². The average molecular weight is 610 g/mol. The quantitative estimate of drug-likeness (QED) is 0.180. The molecule has 5 nitrogen and oxygen atoms in total. The van der Waals surface area contributed by atoms with Crippen LogP contribution in [-0.4, -0.2) is 33.7 Å². The standard InChI is InChI=1S/C36H34Cl2N4O/c37-29-9-4-24(5-10-29)34(25-6-11-30(38)12-7-25)27-8-15-33-32(21-27)35(40-42(33)31-13-14-31)26-16-18-41(19-17-26)22-23-2-1-3-28(20-23)36(39)43/h1-12,15,20-21,26,31,34H,13-14,16-19,22H2,(H2,39,43). The number of carbonyl (C=O) groups excluding carboxylic acids is 1. The predicted molar refractivity (Wildman–Crippen MR) is 174 cm³/mol. The minimum absolute atomic E-state index is 0.0501. The van der Waals surface area contributed by atoms with Crippen LogP contribution in [0.3, 0.4) is 0 Å². The van der Waals surface area contributed by atoms with Crippen LogP contribution < -0.4 is 5.73 Å². The monoisotopic (exact) mass is 608 g/mol. The number of primary amides is 1. The van der Waals surface area contributed by atoms with E-state index in [2.05, 4.69) is 58.1 Å². The lowest BCUT2D eigenvalue weighted by Crippen LogP contribution is -2.32. The van der Waals surface area contributed by atoms with Gasteiger partial charge in [-0.3, -0.25) is 14.4 Å². The van der Waals surface area contributed by atoms with Crippen LogP contribution in [0.25, 0.3) is 10.9 Å². The SMILES string of the molecule is NC(=O)c1cccc(CN2CCC(c3nn(C4CC4)c4ccc(C(c5ccc(Cl)cc5)c5ccc(Cl)cc5)cc34)CC2)c1. The van der Waals surface area contributed by atoms with E-state index in [4.69, 9.17) is 34.0 Å². The van der Waals surface area contributed by atoms with Crippen molar-refractivity contribution in [2.75, 3.05) is 13.1 Å². The molecule has 2 fully saturated rings. The number of likely N-dealkylation sites (tertiary alicyclic amines) is 1. The lowest BCUT2D eigenvalue weighted by Gasteiger charge is -2.31. The highest BCUT2D eigenvalue weighted by Crippen LogP contribution is 2.42. The molecule has 43 heavy (non-hydrogen) atoms. The zero-order chi connectivity index (χ0) is 29.5. The van der Waals surface area contributed by atoms with Gasteiger partial charge in [-0.15, -0.1) is 0 Å². The van der Waals surface area contributed by atoms with Crippen LogP contribution in [0, 0.1) is 0 Å². The molecule has 1 aliphatic heterocycles. The number of aromatic nitrogens is 2. The van der Waals surface area contributed by atoms with Gasteiger partial charge in [0.15, 0.2) is 0 Å². The summed E-state index contributed by atoms with van der Waals surface area (Å²) < 4.78 is 2.29. The minimum atomic E-state index is -0.382. The predicted octanol–water partition coefficient (Wildman–Crippen LogP) is 8.34. The third kappa shape index (κ3) is 5.95. The van der Waals surface area contributed by atoms with Crippen LogP contribution in [0.15, 0.2) is 91.0 Å². The Labute approximate surface area is 262 Å². The highest BCUT2D eigenvalue weighted by Gasteiger charge is 2.31.